The predicted molar refractivity (Wildman–Crippen MR) is 63.7 cm³/mol. The molecular weight excluding hydrogens is 206 g/mol. The lowest BCUT2D eigenvalue weighted by molar-refractivity contribution is -0.138. The number of carboxylic acid groups (broad SMARTS) is 1. The largest absolute Gasteiger partial charge is 0.497 e. The SMILES string of the molecule is CC.COc1ccc(CC(N)C(=O)O)cc1. The molecule has 4 heteroatoms. The molecule has 0 heterocycles. The van der Waals surface area contributed by atoms with Crippen molar-refractivity contribution in [3.05, 3.63) is 29.8 Å². The number of ether oxygens (including phenoxy) is 1. The Hall–Kier alpha value is -1.55. The van der Waals surface area contributed by atoms with Crippen LogP contribution in [0.5, 0.6) is 5.75 Å². The van der Waals surface area contributed by atoms with Crippen molar-refractivity contribution in [2.45, 2.75) is 26.3 Å². The van der Waals surface area contributed by atoms with Gasteiger partial charge in [0, 0.05) is 0 Å². The summed E-state index contributed by atoms with van der Waals surface area (Å²) in [5.41, 5.74) is 6.28. The first-order chi connectivity index (χ1) is 7.63. The molecule has 1 atom stereocenters. The van der Waals surface area contributed by atoms with E-state index >= 15 is 0 Å². The van der Waals surface area contributed by atoms with Crippen molar-refractivity contribution in [2.24, 2.45) is 5.73 Å². The number of carbonyl (C=O) groups is 1. The lowest BCUT2D eigenvalue weighted by Crippen LogP contribution is -2.32. The van der Waals surface area contributed by atoms with Gasteiger partial charge in [-0.15, -0.1) is 0 Å². The van der Waals surface area contributed by atoms with Crippen LogP contribution in [0.15, 0.2) is 24.3 Å². The minimum absolute atomic E-state index is 0.333. The summed E-state index contributed by atoms with van der Waals surface area (Å²) in [5.74, 6) is -0.238. The molecule has 90 valence electrons. The number of hydrogen-bond donors (Lipinski definition) is 2. The van der Waals surface area contributed by atoms with Gasteiger partial charge in [-0.25, -0.2) is 0 Å². The maximum Gasteiger partial charge on any atom is 0.320 e. The van der Waals surface area contributed by atoms with E-state index in [1.54, 1.807) is 19.2 Å². The first-order valence-corrected chi connectivity index (χ1v) is 5.25. The third-order valence-corrected chi connectivity index (χ3v) is 1.93. The van der Waals surface area contributed by atoms with Crippen LogP contribution in [0.25, 0.3) is 0 Å². The van der Waals surface area contributed by atoms with Crippen LogP contribution >= 0.6 is 0 Å². The first-order valence-electron chi connectivity index (χ1n) is 5.25. The number of hydrogen-bond acceptors (Lipinski definition) is 3. The van der Waals surface area contributed by atoms with Crippen LogP contribution in [0.2, 0.25) is 0 Å². The Bertz CT molecular complexity index is 309. The molecule has 1 aromatic carbocycles. The van der Waals surface area contributed by atoms with Crippen molar-refractivity contribution >= 4 is 5.97 Å². The van der Waals surface area contributed by atoms with E-state index in [4.69, 9.17) is 15.6 Å². The monoisotopic (exact) mass is 225 g/mol. The van der Waals surface area contributed by atoms with Gasteiger partial charge in [-0.05, 0) is 24.1 Å². The Kier molecular flexibility index (Phi) is 6.96. The zero-order valence-electron chi connectivity index (χ0n) is 9.93. The van der Waals surface area contributed by atoms with Crippen LogP contribution in [-0.2, 0) is 11.2 Å². The number of nitrogens with two attached hydrogens (primary N) is 1. The zero-order valence-corrected chi connectivity index (χ0v) is 9.93. The van der Waals surface area contributed by atoms with Gasteiger partial charge < -0.3 is 15.6 Å². The molecule has 0 aliphatic heterocycles. The van der Waals surface area contributed by atoms with Crippen molar-refractivity contribution in [1.82, 2.24) is 0 Å². The Morgan fingerprint density at radius 1 is 1.38 bits per heavy atom. The fourth-order valence-electron chi connectivity index (χ4n) is 1.10. The van der Waals surface area contributed by atoms with E-state index in [-0.39, 0.29) is 0 Å². The molecule has 0 aliphatic carbocycles. The van der Waals surface area contributed by atoms with E-state index in [0.29, 0.717) is 6.42 Å². The van der Waals surface area contributed by atoms with E-state index in [1.165, 1.54) is 0 Å². The summed E-state index contributed by atoms with van der Waals surface area (Å²) in [5, 5.41) is 8.59. The van der Waals surface area contributed by atoms with Gasteiger partial charge in [0.25, 0.3) is 0 Å². The predicted octanol–water partition coefficient (Wildman–Crippen LogP) is 1.68. The van der Waals surface area contributed by atoms with E-state index < -0.39 is 12.0 Å². The fourth-order valence-corrected chi connectivity index (χ4v) is 1.10. The standard InChI is InChI=1S/C10H13NO3.C2H6/c1-14-8-4-2-7(3-5-8)6-9(11)10(12)13;1-2/h2-5,9H,6,11H2,1H3,(H,12,13);1-2H3. The second-order valence-electron chi connectivity index (χ2n) is 3.00. The van der Waals surface area contributed by atoms with Crippen LogP contribution in [0.4, 0.5) is 0 Å². The average molecular weight is 225 g/mol. The lowest BCUT2D eigenvalue weighted by Gasteiger charge is -2.06. The third kappa shape index (κ3) is 4.79. The van der Waals surface area contributed by atoms with E-state index in [0.717, 1.165) is 11.3 Å². The second kappa shape index (κ2) is 7.70. The molecule has 0 aromatic heterocycles. The van der Waals surface area contributed by atoms with Crippen LogP contribution in [0, 0.1) is 0 Å². The van der Waals surface area contributed by atoms with E-state index in [1.807, 2.05) is 26.0 Å². The highest BCUT2D eigenvalue weighted by atomic mass is 16.5. The van der Waals surface area contributed by atoms with Gasteiger partial charge in [-0.3, -0.25) is 4.79 Å². The molecule has 1 aromatic rings. The second-order valence-corrected chi connectivity index (χ2v) is 3.00. The number of carboxylic acids is 1. The highest BCUT2D eigenvalue weighted by Gasteiger charge is 2.11. The van der Waals surface area contributed by atoms with Crippen molar-refractivity contribution < 1.29 is 14.6 Å². The Labute approximate surface area is 96.0 Å². The number of rotatable bonds is 4. The molecule has 0 saturated heterocycles. The summed E-state index contributed by atoms with van der Waals surface area (Å²) >= 11 is 0. The van der Waals surface area contributed by atoms with Gasteiger partial charge in [0.2, 0.25) is 0 Å². The van der Waals surface area contributed by atoms with Gasteiger partial charge in [0.15, 0.2) is 0 Å². The quantitative estimate of drug-likeness (QED) is 0.817. The van der Waals surface area contributed by atoms with Crippen molar-refractivity contribution in [3.8, 4) is 5.75 Å². The van der Waals surface area contributed by atoms with Crippen molar-refractivity contribution in [2.75, 3.05) is 7.11 Å². The Morgan fingerprint density at radius 3 is 2.25 bits per heavy atom. The smallest absolute Gasteiger partial charge is 0.320 e. The summed E-state index contributed by atoms with van der Waals surface area (Å²) in [7, 11) is 1.58. The molecule has 0 fully saturated rings. The molecule has 0 amide bonds. The number of aliphatic carboxylic acids is 1. The summed E-state index contributed by atoms with van der Waals surface area (Å²) in [6.45, 7) is 4.00. The van der Waals surface area contributed by atoms with Gasteiger partial charge in [-0.2, -0.15) is 0 Å². The summed E-state index contributed by atoms with van der Waals surface area (Å²) in [6, 6.07) is 6.33. The molecule has 16 heavy (non-hydrogen) atoms. The zero-order chi connectivity index (χ0) is 12.6. The fraction of sp³-hybridized carbons (Fsp3) is 0.417. The first kappa shape index (κ1) is 14.5. The van der Waals surface area contributed by atoms with E-state index in [2.05, 4.69) is 0 Å². The van der Waals surface area contributed by atoms with Crippen LogP contribution in [-0.4, -0.2) is 24.2 Å². The lowest BCUT2D eigenvalue weighted by atomic mass is 10.1. The van der Waals surface area contributed by atoms with Crippen molar-refractivity contribution in [1.29, 1.82) is 0 Å². The number of methoxy groups -OCH3 is 1. The van der Waals surface area contributed by atoms with Crippen molar-refractivity contribution in [3.63, 3.8) is 0 Å². The molecule has 4 nitrogen and oxygen atoms in total. The molecule has 1 unspecified atom stereocenters. The summed E-state index contributed by atoms with van der Waals surface area (Å²) in [4.78, 5) is 10.5. The Balaban J connectivity index is 0.00000106. The minimum Gasteiger partial charge on any atom is -0.497 e. The van der Waals surface area contributed by atoms with Gasteiger partial charge in [0.05, 0.1) is 7.11 Å². The molecule has 0 radical (unpaired) electrons. The highest BCUT2D eigenvalue weighted by molar-refractivity contribution is 5.73. The van der Waals surface area contributed by atoms with Gasteiger partial charge in [-0.1, -0.05) is 26.0 Å². The molecule has 0 saturated carbocycles. The van der Waals surface area contributed by atoms with Gasteiger partial charge in [0.1, 0.15) is 11.8 Å². The maximum atomic E-state index is 10.5. The Morgan fingerprint density at radius 2 is 1.88 bits per heavy atom. The van der Waals surface area contributed by atoms with Crippen LogP contribution in [0.3, 0.4) is 0 Å². The van der Waals surface area contributed by atoms with E-state index in [9.17, 15) is 4.79 Å². The summed E-state index contributed by atoms with van der Waals surface area (Å²) < 4.78 is 4.97. The molecule has 0 aliphatic rings. The minimum atomic E-state index is -0.985. The average Bonchev–Trinajstić information content (AvgIpc) is 2.32. The van der Waals surface area contributed by atoms with Crippen LogP contribution in [0.1, 0.15) is 19.4 Å². The summed E-state index contributed by atoms with van der Waals surface area (Å²) in [6.07, 6.45) is 0.333. The molecule has 1 rings (SSSR count). The highest BCUT2D eigenvalue weighted by Crippen LogP contribution is 2.12. The topological polar surface area (TPSA) is 72.5 Å². The third-order valence-electron chi connectivity index (χ3n) is 1.93. The maximum absolute atomic E-state index is 10.5. The number of benzene rings is 1. The molecule has 0 spiro atoms. The van der Waals surface area contributed by atoms with Gasteiger partial charge >= 0.3 is 5.97 Å². The molecule has 3 N–H and O–H groups in total. The molecular formula is C12H19NO3. The normalized spacial score (nSPS) is 11.0. The molecule has 0 bridgehead atoms. The van der Waals surface area contributed by atoms with Crippen LogP contribution < -0.4 is 10.5 Å².